The summed E-state index contributed by atoms with van der Waals surface area (Å²) in [7, 11) is 0. The molecule has 0 aliphatic carbocycles. The molecule has 2 aromatic heterocycles. The first kappa shape index (κ1) is 12.2. The van der Waals surface area contributed by atoms with Crippen LogP contribution in [0.1, 0.15) is 34.6 Å². The molecule has 0 amide bonds. The first-order chi connectivity index (χ1) is 9.15. The largest absolute Gasteiger partial charge is 0.543 e. The van der Waals surface area contributed by atoms with Gasteiger partial charge in [0, 0.05) is 19.0 Å². The van der Waals surface area contributed by atoms with Gasteiger partial charge in [0.15, 0.2) is 0 Å². The van der Waals surface area contributed by atoms with E-state index in [9.17, 15) is 9.90 Å². The summed E-state index contributed by atoms with van der Waals surface area (Å²) in [6.45, 7) is 4.88. The minimum absolute atomic E-state index is 0.0880. The van der Waals surface area contributed by atoms with Crippen LogP contribution in [0.3, 0.4) is 0 Å². The molecular formula is C14H17N3O2. The van der Waals surface area contributed by atoms with E-state index in [1.54, 1.807) is 0 Å². The fourth-order valence-electron chi connectivity index (χ4n) is 2.82. The van der Waals surface area contributed by atoms with Crippen LogP contribution in [-0.4, -0.2) is 28.4 Å². The Labute approximate surface area is 111 Å². The number of aryl methyl sites for hydroxylation is 1. The predicted octanol–water partition coefficient (Wildman–Crippen LogP) is -0.815. The lowest BCUT2D eigenvalue weighted by atomic mass is 10.3. The fraction of sp³-hybridized carbons (Fsp3) is 0.429. The van der Waals surface area contributed by atoms with E-state index in [1.807, 2.05) is 29.7 Å². The third-order valence-corrected chi connectivity index (χ3v) is 3.80. The van der Waals surface area contributed by atoms with Crippen molar-refractivity contribution >= 4 is 11.6 Å². The topological polar surface area (TPSA) is 61.9 Å². The summed E-state index contributed by atoms with van der Waals surface area (Å²) in [5.74, 6) is -1.19. The van der Waals surface area contributed by atoms with E-state index in [0.717, 1.165) is 24.3 Å². The van der Waals surface area contributed by atoms with Crippen LogP contribution in [0.15, 0.2) is 18.3 Å². The van der Waals surface area contributed by atoms with E-state index in [-0.39, 0.29) is 5.69 Å². The van der Waals surface area contributed by atoms with Gasteiger partial charge >= 0.3 is 0 Å². The van der Waals surface area contributed by atoms with E-state index in [1.165, 1.54) is 17.7 Å². The van der Waals surface area contributed by atoms with Crippen molar-refractivity contribution in [3.63, 3.8) is 0 Å². The first-order valence-corrected chi connectivity index (χ1v) is 6.67. The number of hydrogen-bond acceptors (Lipinski definition) is 3. The molecule has 0 spiro atoms. The highest BCUT2D eigenvalue weighted by Crippen LogP contribution is 2.13. The van der Waals surface area contributed by atoms with Crippen LogP contribution >= 0.6 is 0 Å². The number of fused-ring (bicyclic) bond motifs is 1. The summed E-state index contributed by atoms with van der Waals surface area (Å²) in [4.78, 5) is 16.9. The van der Waals surface area contributed by atoms with Gasteiger partial charge in [-0.15, -0.1) is 0 Å². The van der Waals surface area contributed by atoms with Gasteiger partial charge < -0.3 is 14.8 Å². The van der Waals surface area contributed by atoms with Gasteiger partial charge in [-0.3, -0.25) is 4.40 Å². The second-order valence-electron chi connectivity index (χ2n) is 5.26. The summed E-state index contributed by atoms with van der Waals surface area (Å²) in [6, 6.07) is 3.87. The highest BCUT2D eigenvalue weighted by molar-refractivity contribution is 5.86. The second kappa shape index (κ2) is 4.66. The van der Waals surface area contributed by atoms with Crippen molar-refractivity contribution in [2.45, 2.75) is 26.3 Å². The van der Waals surface area contributed by atoms with Crippen molar-refractivity contribution in [3.8, 4) is 0 Å². The molecule has 1 aliphatic rings. The average molecular weight is 259 g/mol. The molecule has 1 saturated heterocycles. The summed E-state index contributed by atoms with van der Waals surface area (Å²) >= 11 is 0. The highest BCUT2D eigenvalue weighted by Gasteiger charge is 2.21. The van der Waals surface area contributed by atoms with Gasteiger partial charge in [-0.1, -0.05) is 0 Å². The van der Waals surface area contributed by atoms with Gasteiger partial charge in [-0.2, -0.15) is 0 Å². The molecule has 3 rings (SSSR count). The van der Waals surface area contributed by atoms with E-state index in [4.69, 9.17) is 0 Å². The normalized spacial score (nSPS) is 16.3. The van der Waals surface area contributed by atoms with Crippen LogP contribution in [0, 0.1) is 6.92 Å². The standard InChI is InChI=1S/C14H17N3O2/c1-10-4-7-17-11(9-16-5-2-3-6-16)13(14(18)19)15-12(17)8-10/h4,7-8H,2-3,5-6,9H2,1H3,(H,18,19). The zero-order valence-corrected chi connectivity index (χ0v) is 11.0. The Morgan fingerprint density at radius 1 is 1.47 bits per heavy atom. The maximum atomic E-state index is 11.3. The van der Waals surface area contributed by atoms with Crippen molar-refractivity contribution in [2.75, 3.05) is 13.1 Å². The number of pyridine rings is 1. The molecule has 1 aliphatic heterocycles. The molecule has 0 atom stereocenters. The molecule has 5 nitrogen and oxygen atoms in total. The van der Waals surface area contributed by atoms with Gasteiger partial charge in [-0.25, -0.2) is 4.98 Å². The Morgan fingerprint density at radius 3 is 2.89 bits per heavy atom. The number of nitrogens with zero attached hydrogens (tertiary/aromatic N) is 2. The number of nitrogens with one attached hydrogen (secondary N) is 1. The van der Waals surface area contributed by atoms with Gasteiger partial charge in [0.1, 0.15) is 23.6 Å². The van der Waals surface area contributed by atoms with Crippen molar-refractivity contribution in [2.24, 2.45) is 0 Å². The molecule has 0 bridgehead atoms. The van der Waals surface area contributed by atoms with Gasteiger partial charge in [-0.05, 0) is 24.6 Å². The molecule has 3 heterocycles. The van der Waals surface area contributed by atoms with Crippen LogP contribution in [0.2, 0.25) is 0 Å². The summed E-state index contributed by atoms with van der Waals surface area (Å²) in [5, 5.41) is 11.3. The second-order valence-corrected chi connectivity index (χ2v) is 5.26. The molecule has 0 saturated carbocycles. The number of carbonyl (C=O) groups excluding carboxylic acids is 1. The lowest BCUT2D eigenvalue weighted by molar-refractivity contribution is -0.901. The van der Waals surface area contributed by atoms with Crippen molar-refractivity contribution in [1.29, 1.82) is 0 Å². The Morgan fingerprint density at radius 2 is 2.21 bits per heavy atom. The molecule has 2 aromatic rings. The number of aromatic nitrogens is 2. The lowest BCUT2D eigenvalue weighted by Crippen LogP contribution is -3.08. The Balaban J connectivity index is 2.07. The van der Waals surface area contributed by atoms with E-state index in [0.29, 0.717) is 12.2 Å². The maximum Gasteiger partial charge on any atom is 0.138 e. The number of rotatable bonds is 3. The lowest BCUT2D eigenvalue weighted by Gasteiger charge is -2.13. The molecule has 19 heavy (non-hydrogen) atoms. The third-order valence-electron chi connectivity index (χ3n) is 3.80. The number of carbonyl (C=O) groups is 1. The summed E-state index contributed by atoms with van der Waals surface area (Å²) in [5.41, 5.74) is 2.60. The van der Waals surface area contributed by atoms with E-state index in [2.05, 4.69) is 4.98 Å². The van der Waals surface area contributed by atoms with Crippen LogP contribution in [0.4, 0.5) is 0 Å². The molecule has 1 N–H and O–H groups in total. The monoisotopic (exact) mass is 259 g/mol. The number of carboxylic acids is 1. The Hall–Kier alpha value is -1.88. The van der Waals surface area contributed by atoms with Crippen LogP contribution in [0.25, 0.3) is 5.65 Å². The van der Waals surface area contributed by atoms with Crippen molar-refractivity contribution < 1.29 is 14.8 Å². The minimum Gasteiger partial charge on any atom is -0.543 e. The fourth-order valence-corrected chi connectivity index (χ4v) is 2.82. The van der Waals surface area contributed by atoms with Gasteiger partial charge in [0.25, 0.3) is 0 Å². The van der Waals surface area contributed by atoms with Crippen molar-refractivity contribution in [1.82, 2.24) is 9.38 Å². The number of hydrogen-bond donors (Lipinski definition) is 1. The molecule has 0 aromatic carbocycles. The maximum absolute atomic E-state index is 11.3. The quantitative estimate of drug-likeness (QED) is 0.784. The summed E-state index contributed by atoms with van der Waals surface area (Å²) in [6.07, 6.45) is 4.33. The predicted molar refractivity (Wildman–Crippen MR) is 67.9 cm³/mol. The zero-order valence-electron chi connectivity index (χ0n) is 11.0. The molecule has 100 valence electrons. The van der Waals surface area contributed by atoms with Gasteiger partial charge in [0.2, 0.25) is 0 Å². The smallest absolute Gasteiger partial charge is 0.138 e. The Kier molecular flexibility index (Phi) is 2.98. The molecule has 0 radical (unpaired) electrons. The third kappa shape index (κ3) is 2.21. The minimum atomic E-state index is -1.19. The van der Waals surface area contributed by atoms with E-state index >= 15 is 0 Å². The molecule has 5 heteroatoms. The number of likely N-dealkylation sites (tertiary alicyclic amines) is 1. The summed E-state index contributed by atoms with van der Waals surface area (Å²) < 4.78 is 1.88. The van der Waals surface area contributed by atoms with Crippen LogP contribution in [-0.2, 0) is 6.54 Å². The molecule has 1 fully saturated rings. The molecular weight excluding hydrogens is 242 g/mol. The van der Waals surface area contributed by atoms with Crippen LogP contribution in [0.5, 0.6) is 0 Å². The average Bonchev–Trinajstić information content (AvgIpc) is 2.97. The SMILES string of the molecule is Cc1ccn2c(C[NH+]3CCCC3)c(C(=O)[O-])nc2c1. The molecule has 0 unspecified atom stereocenters. The first-order valence-electron chi connectivity index (χ1n) is 6.67. The zero-order chi connectivity index (χ0) is 13.4. The Bertz CT molecular complexity index is 627. The van der Waals surface area contributed by atoms with Crippen LogP contribution < -0.4 is 10.0 Å². The van der Waals surface area contributed by atoms with Gasteiger partial charge in [0.05, 0.1) is 19.1 Å². The number of imidazole rings is 1. The highest BCUT2D eigenvalue weighted by atomic mass is 16.4. The number of aromatic carboxylic acids is 1. The van der Waals surface area contributed by atoms with Crippen molar-refractivity contribution in [3.05, 3.63) is 35.3 Å². The number of carboxylic acid groups (broad SMARTS) is 1. The van der Waals surface area contributed by atoms with E-state index < -0.39 is 5.97 Å². The number of quaternary nitrogens is 1.